The third-order valence-electron chi connectivity index (χ3n) is 4.99. The highest BCUT2D eigenvalue weighted by Crippen LogP contribution is 2.21. The van der Waals surface area contributed by atoms with Crippen LogP contribution in [0.3, 0.4) is 0 Å². The largest absolute Gasteiger partial charge is 0.385 e. The predicted octanol–water partition coefficient (Wildman–Crippen LogP) is 2.81. The molecule has 2 heterocycles. The quantitative estimate of drug-likeness (QED) is 0.758. The topological polar surface area (TPSA) is 45.7 Å². The van der Waals surface area contributed by atoms with Gasteiger partial charge in [0.2, 0.25) is 0 Å². The van der Waals surface area contributed by atoms with Crippen molar-refractivity contribution in [2.24, 2.45) is 0 Å². The van der Waals surface area contributed by atoms with Crippen LogP contribution in [0.25, 0.3) is 10.9 Å². The zero-order chi connectivity index (χ0) is 17.6. The Kier molecular flexibility index (Phi) is 6.00. The lowest BCUT2D eigenvalue weighted by atomic mass is 10.0. The molecule has 1 fully saturated rings. The summed E-state index contributed by atoms with van der Waals surface area (Å²) < 4.78 is 5.19. The summed E-state index contributed by atoms with van der Waals surface area (Å²) in [5, 5.41) is 1.01. The van der Waals surface area contributed by atoms with E-state index < -0.39 is 0 Å². The van der Waals surface area contributed by atoms with Crippen molar-refractivity contribution in [3.8, 4) is 0 Å². The fourth-order valence-electron chi connectivity index (χ4n) is 3.51. The first-order valence-electron chi connectivity index (χ1n) is 9.02. The van der Waals surface area contributed by atoms with Crippen molar-refractivity contribution in [1.29, 1.82) is 0 Å². The van der Waals surface area contributed by atoms with Crippen LogP contribution in [-0.4, -0.2) is 67.1 Å². The molecule has 0 saturated carbocycles. The standard InChI is InChI=1S/C20H27N3O2/c1-22-12-8-18(9-13-22)23(11-4-14-25-2)20(24)17-6-7-19-16(15-17)5-3-10-21-19/h3,5-7,10,15,18H,4,8-9,11-14H2,1-2H3. The average Bonchev–Trinajstić information content (AvgIpc) is 2.65. The van der Waals surface area contributed by atoms with E-state index in [1.807, 2.05) is 30.3 Å². The zero-order valence-electron chi connectivity index (χ0n) is 15.1. The lowest BCUT2D eigenvalue weighted by Crippen LogP contribution is -2.47. The highest BCUT2D eigenvalue weighted by atomic mass is 16.5. The van der Waals surface area contributed by atoms with Gasteiger partial charge in [-0.05, 0) is 63.7 Å². The first-order valence-corrected chi connectivity index (χ1v) is 9.02. The van der Waals surface area contributed by atoms with E-state index in [0.717, 1.165) is 55.4 Å². The number of piperidine rings is 1. The van der Waals surface area contributed by atoms with E-state index in [0.29, 0.717) is 12.6 Å². The van der Waals surface area contributed by atoms with Gasteiger partial charge in [0, 0.05) is 43.4 Å². The Hall–Kier alpha value is -1.98. The Labute approximate surface area is 149 Å². The van der Waals surface area contributed by atoms with Gasteiger partial charge in [-0.25, -0.2) is 0 Å². The average molecular weight is 341 g/mol. The molecule has 25 heavy (non-hydrogen) atoms. The van der Waals surface area contributed by atoms with Crippen LogP contribution in [0, 0.1) is 0 Å². The minimum atomic E-state index is 0.122. The Bertz CT molecular complexity index is 711. The third kappa shape index (κ3) is 4.35. The number of ether oxygens (including phenoxy) is 1. The summed E-state index contributed by atoms with van der Waals surface area (Å²) in [5.74, 6) is 0.122. The molecule has 0 radical (unpaired) electrons. The van der Waals surface area contributed by atoms with Gasteiger partial charge in [-0.15, -0.1) is 0 Å². The molecule has 1 aromatic carbocycles. The molecule has 1 amide bonds. The number of methoxy groups -OCH3 is 1. The molecule has 5 nitrogen and oxygen atoms in total. The van der Waals surface area contributed by atoms with E-state index >= 15 is 0 Å². The molecule has 0 bridgehead atoms. The summed E-state index contributed by atoms with van der Waals surface area (Å²) in [6.07, 6.45) is 4.71. The normalized spacial score (nSPS) is 16.2. The van der Waals surface area contributed by atoms with Gasteiger partial charge in [-0.3, -0.25) is 9.78 Å². The summed E-state index contributed by atoms with van der Waals surface area (Å²) in [5.41, 5.74) is 1.67. The maximum Gasteiger partial charge on any atom is 0.254 e. The minimum Gasteiger partial charge on any atom is -0.385 e. The number of carbonyl (C=O) groups excluding carboxylic acids is 1. The van der Waals surface area contributed by atoms with Crippen LogP contribution in [-0.2, 0) is 4.74 Å². The van der Waals surface area contributed by atoms with Gasteiger partial charge in [0.15, 0.2) is 0 Å². The predicted molar refractivity (Wildman–Crippen MR) is 99.8 cm³/mol. The van der Waals surface area contributed by atoms with E-state index in [4.69, 9.17) is 4.74 Å². The monoisotopic (exact) mass is 341 g/mol. The molecule has 134 valence electrons. The number of likely N-dealkylation sites (tertiary alicyclic amines) is 1. The molecule has 1 aliphatic heterocycles. The molecule has 0 unspecified atom stereocenters. The van der Waals surface area contributed by atoms with E-state index in [1.165, 1.54) is 0 Å². The molecular formula is C20H27N3O2. The number of nitrogens with zero attached hydrogens (tertiary/aromatic N) is 3. The van der Waals surface area contributed by atoms with Gasteiger partial charge in [0.05, 0.1) is 5.52 Å². The third-order valence-corrected chi connectivity index (χ3v) is 4.99. The maximum absolute atomic E-state index is 13.2. The fourth-order valence-corrected chi connectivity index (χ4v) is 3.51. The molecule has 5 heteroatoms. The van der Waals surface area contributed by atoms with Crippen molar-refractivity contribution in [1.82, 2.24) is 14.8 Å². The highest BCUT2D eigenvalue weighted by Gasteiger charge is 2.27. The van der Waals surface area contributed by atoms with Gasteiger partial charge in [-0.1, -0.05) is 6.07 Å². The molecule has 0 spiro atoms. The highest BCUT2D eigenvalue weighted by molar-refractivity contribution is 5.98. The molecule has 0 N–H and O–H groups in total. The molecule has 2 aromatic rings. The van der Waals surface area contributed by atoms with Crippen molar-refractivity contribution in [2.45, 2.75) is 25.3 Å². The molecular weight excluding hydrogens is 314 g/mol. The van der Waals surface area contributed by atoms with E-state index in [9.17, 15) is 4.79 Å². The van der Waals surface area contributed by atoms with Crippen LogP contribution >= 0.6 is 0 Å². The van der Waals surface area contributed by atoms with Crippen molar-refractivity contribution in [3.63, 3.8) is 0 Å². The molecule has 0 aliphatic carbocycles. The van der Waals surface area contributed by atoms with E-state index in [2.05, 4.69) is 21.8 Å². The molecule has 1 aromatic heterocycles. The van der Waals surface area contributed by atoms with Crippen molar-refractivity contribution < 1.29 is 9.53 Å². The summed E-state index contributed by atoms with van der Waals surface area (Å²) in [6.45, 7) is 3.50. The molecule has 1 aliphatic rings. The lowest BCUT2D eigenvalue weighted by molar-refractivity contribution is 0.0564. The number of rotatable bonds is 6. The Morgan fingerprint density at radius 2 is 2.12 bits per heavy atom. The minimum absolute atomic E-state index is 0.122. The lowest BCUT2D eigenvalue weighted by Gasteiger charge is -2.37. The van der Waals surface area contributed by atoms with Gasteiger partial charge in [0.25, 0.3) is 5.91 Å². The fraction of sp³-hybridized carbons (Fsp3) is 0.500. The first kappa shape index (κ1) is 17.8. The second-order valence-electron chi connectivity index (χ2n) is 6.79. The van der Waals surface area contributed by atoms with Crippen molar-refractivity contribution in [3.05, 3.63) is 42.1 Å². The van der Waals surface area contributed by atoms with Crippen LogP contribution < -0.4 is 0 Å². The number of carbonyl (C=O) groups is 1. The summed E-state index contributed by atoms with van der Waals surface area (Å²) in [4.78, 5) is 21.9. The first-order chi connectivity index (χ1) is 12.2. The zero-order valence-corrected chi connectivity index (χ0v) is 15.1. The van der Waals surface area contributed by atoms with E-state index in [-0.39, 0.29) is 5.91 Å². The molecule has 3 rings (SSSR count). The second-order valence-corrected chi connectivity index (χ2v) is 6.79. The number of hydrogen-bond donors (Lipinski definition) is 0. The SMILES string of the molecule is COCCCN(C(=O)c1ccc2ncccc2c1)C1CCN(C)CC1. The molecule has 0 atom stereocenters. The summed E-state index contributed by atoms with van der Waals surface area (Å²) in [7, 11) is 3.85. The van der Waals surface area contributed by atoms with Gasteiger partial charge >= 0.3 is 0 Å². The molecule has 1 saturated heterocycles. The van der Waals surface area contributed by atoms with Crippen LogP contribution in [0.15, 0.2) is 36.5 Å². The van der Waals surface area contributed by atoms with E-state index in [1.54, 1.807) is 13.3 Å². The Balaban J connectivity index is 1.80. The number of amides is 1. The number of aromatic nitrogens is 1. The van der Waals surface area contributed by atoms with Crippen LogP contribution in [0.2, 0.25) is 0 Å². The number of fused-ring (bicyclic) bond motifs is 1. The summed E-state index contributed by atoms with van der Waals surface area (Å²) in [6, 6.07) is 10.0. The van der Waals surface area contributed by atoms with Gasteiger partial charge in [0.1, 0.15) is 0 Å². The van der Waals surface area contributed by atoms with Crippen molar-refractivity contribution >= 4 is 16.8 Å². The Morgan fingerprint density at radius 3 is 2.88 bits per heavy atom. The van der Waals surface area contributed by atoms with Gasteiger partial charge < -0.3 is 14.5 Å². The van der Waals surface area contributed by atoms with Crippen molar-refractivity contribution in [2.75, 3.05) is 40.4 Å². The number of pyridine rings is 1. The van der Waals surface area contributed by atoms with Crippen LogP contribution in [0.5, 0.6) is 0 Å². The van der Waals surface area contributed by atoms with Crippen LogP contribution in [0.4, 0.5) is 0 Å². The van der Waals surface area contributed by atoms with Gasteiger partial charge in [-0.2, -0.15) is 0 Å². The second kappa shape index (κ2) is 8.41. The number of hydrogen-bond acceptors (Lipinski definition) is 4. The maximum atomic E-state index is 13.2. The summed E-state index contributed by atoms with van der Waals surface area (Å²) >= 11 is 0. The Morgan fingerprint density at radius 1 is 1.32 bits per heavy atom. The number of benzene rings is 1. The smallest absolute Gasteiger partial charge is 0.254 e. The van der Waals surface area contributed by atoms with Crippen LogP contribution in [0.1, 0.15) is 29.6 Å².